The quantitative estimate of drug-likeness (QED) is 0.750. The van der Waals surface area contributed by atoms with Gasteiger partial charge in [0.2, 0.25) is 0 Å². The van der Waals surface area contributed by atoms with Crippen molar-refractivity contribution < 1.29 is 0 Å². The molecule has 1 rings (SSSR count). The van der Waals surface area contributed by atoms with Crippen molar-refractivity contribution in [2.75, 3.05) is 19.6 Å². The van der Waals surface area contributed by atoms with Crippen LogP contribution in [-0.4, -0.2) is 30.6 Å². The molecule has 0 saturated carbocycles. The Kier molecular flexibility index (Phi) is 5.49. The van der Waals surface area contributed by atoms with E-state index in [2.05, 4.69) is 18.7 Å². The van der Waals surface area contributed by atoms with Crippen LogP contribution in [0.1, 0.15) is 46.0 Å². The van der Waals surface area contributed by atoms with E-state index in [0.717, 1.165) is 18.5 Å². The number of hydrogen-bond acceptors (Lipinski definition) is 2. The third-order valence-electron chi connectivity index (χ3n) is 3.43. The van der Waals surface area contributed by atoms with E-state index < -0.39 is 0 Å². The molecular formula is C12H26N2. The first kappa shape index (κ1) is 12.0. The highest BCUT2D eigenvalue weighted by Gasteiger charge is 2.17. The topological polar surface area (TPSA) is 29.3 Å². The van der Waals surface area contributed by atoms with Gasteiger partial charge >= 0.3 is 0 Å². The molecule has 0 aromatic heterocycles. The third-order valence-corrected chi connectivity index (χ3v) is 3.43. The zero-order chi connectivity index (χ0) is 10.4. The molecule has 2 nitrogen and oxygen atoms in total. The van der Waals surface area contributed by atoms with Crippen molar-refractivity contribution in [3.05, 3.63) is 0 Å². The molecule has 0 aliphatic carbocycles. The van der Waals surface area contributed by atoms with E-state index in [0.29, 0.717) is 0 Å². The highest BCUT2D eigenvalue weighted by Crippen LogP contribution is 2.22. The number of rotatable bonds is 4. The summed E-state index contributed by atoms with van der Waals surface area (Å²) in [6.45, 7) is 8.08. The van der Waals surface area contributed by atoms with Crippen molar-refractivity contribution in [2.45, 2.75) is 52.0 Å². The van der Waals surface area contributed by atoms with Gasteiger partial charge in [-0.2, -0.15) is 0 Å². The maximum Gasteiger partial charge on any atom is 0.00385 e. The minimum atomic E-state index is 0.725. The Hall–Kier alpha value is -0.0800. The van der Waals surface area contributed by atoms with E-state index >= 15 is 0 Å². The van der Waals surface area contributed by atoms with E-state index in [1.54, 1.807) is 0 Å². The second-order valence-corrected chi connectivity index (χ2v) is 4.86. The van der Waals surface area contributed by atoms with Crippen LogP contribution in [0.5, 0.6) is 0 Å². The standard InChI is InChI=1S/C12H26N2/c1-11(2)14-9-4-6-12(7-10-14)5-3-8-13/h11-12H,3-10,13H2,1-2H3. The van der Waals surface area contributed by atoms with Gasteiger partial charge in [-0.3, -0.25) is 0 Å². The van der Waals surface area contributed by atoms with E-state index in [-0.39, 0.29) is 0 Å². The summed E-state index contributed by atoms with van der Waals surface area (Å²) in [5.41, 5.74) is 5.55. The highest BCUT2D eigenvalue weighted by atomic mass is 15.1. The molecule has 2 heteroatoms. The normalized spacial score (nSPS) is 25.3. The van der Waals surface area contributed by atoms with E-state index in [1.165, 1.54) is 45.2 Å². The monoisotopic (exact) mass is 198 g/mol. The number of likely N-dealkylation sites (tertiary alicyclic amines) is 1. The number of hydrogen-bond donors (Lipinski definition) is 1. The summed E-state index contributed by atoms with van der Waals surface area (Å²) in [4.78, 5) is 2.61. The van der Waals surface area contributed by atoms with Crippen molar-refractivity contribution >= 4 is 0 Å². The smallest absolute Gasteiger partial charge is 0.00385 e. The first-order valence-electron chi connectivity index (χ1n) is 6.18. The van der Waals surface area contributed by atoms with Gasteiger partial charge in [0.1, 0.15) is 0 Å². The number of nitrogens with two attached hydrogens (primary N) is 1. The molecule has 0 bridgehead atoms. The van der Waals surface area contributed by atoms with Crippen LogP contribution in [0, 0.1) is 5.92 Å². The van der Waals surface area contributed by atoms with Crippen LogP contribution in [0.25, 0.3) is 0 Å². The average molecular weight is 198 g/mol. The van der Waals surface area contributed by atoms with Crippen molar-refractivity contribution in [1.29, 1.82) is 0 Å². The van der Waals surface area contributed by atoms with Crippen LogP contribution >= 0.6 is 0 Å². The molecule has 1 aliphatic heterocycles. The van der Waals surface area contributed by atoms with E-state index in [9.17, 15) is 0 Å². The van der Waals surface area contributed by atoms with Gasteiger partial charge in [-0.1, -0.05) is 0 Å². The van der Waals surface area contributed by atoms with E-state index in [1.807, 2.05) is 0 Å². The molecule has 1 heterocycles. The Morgan fingerprint density at radius 1 is 1.29 bits per heavy atom. The summed E-state index contributed by atoms with van der Waals surface area (Å²) in [7, 11) is 0. The second-order valence-electron chi connectivity index (χ2n) is 4.86. The molecule has 84 valence electrons. The fourth-order valence-electron chi connectivity index (χ4n) is 2.40. The Morgan fingerprint density at radius 2 is 2.07 bits per heavy atom. The van der Waals surface area contributed by atoms with Gasteiger partial charge in [-0.15, -0.1) is 0 Å². The molecule has 0 radical (unpaired) electrons. The zero-order valence-electron chi connectivity index (χ0n) is 9.84. The summed E-state index contributed by atoms with van der Waals surface area (Å²) in [5.74, 6) is 0.947. The summed E-state index contributed by atoms with van der Waals surface area (Å²) in [5, 5.41) is 0. The fraction of sp³-hybridized carbons (Fsp3) is 1.00. The van der Waals surface area contributed by atoms with Crippen molar-refractivity contribution in [1.82, 2.24) is 4.90 Å². The van der Waals surface area contributed by atoms with Crippen molar-refractivity contribution in [3.8, 4) is 0 Å². The fourth-order valence-corrected chi connectivity index (χ4v) is 2.40. The largest absolute Gasteiger partial charge is 0.330 e. The minimum absolute atomic E-state index is 0.725. The molecule has 0 aromatic rings. The predicted octanol–water partition coefficient (Wildman–Crippen LogP) is 2.24. The molecule has 1 unspecified atom stereocenters. The average Bonchev–Trinajstić information content (AvgIpc) is 2.39. The zero-order valence-corrected chi connectivity index (χ0v) is 9.84. The summed E-state index contributed by atoms with van der Waals surface area (Å²) >= 11 is 0. The molecule has 0 amide bonds. The minimum Gasteiger partial charge on any atom is -0.330 e. The Labute approximate surface area is 88.8 Å². The lowest BCUT2D eigenvalue weighted by molar-refractivity contribution is 0.227. The van der Waals surface area contributed by atoms with Gasteiger partial charge in [-0.05, 0) is 71.5 Å². The van der Waals surface area contributed by atoms with Gasteiger partial charge < -0.3 is 10.6 Å². The number of nitrogens with zero attached hydrogens (tertiary/aromatic N) is 1. The molecule has 14 heavy (non-hydrogen) atoms. The lowest BCUT2D eigenvalue weighted by Gasteiger charge is -2.24. The second kappa shape index (κ2) is 6.41. The van der Waals surface area contributed by atoms with Crippen LogP contribution in [0.2, 0.25) is 0 Å². The molecule has 1 saturated heterocycles. The van der Waals surface area contributed by atoms with Crippen LogP contribution in [-0.2, 0) is 0 Å². The Morgan fingerprint density at radius 3 is 2.71 bits per heavy atom. The van der Waals surface area contributed by atoms with Crippen molar-refractivity contribution in [3.63, 3.8) is 0 Å². The van der Waals surface area contributed by atoms with Gasteiger partial charge in [0, 0.05) is 6.04 Å². The molecule has 1 aliphatic rings. The van der Waals surface area contributed by atoms with Crippen LogP contribution in [0.3, 0.4) is 0 Å². The lowest BCUT2D eigenvalue weighted by atomic mass is 9.95. The SMILES string of the molecule is CC(C)N1CCCC(CCCN)CC1. The molecular weight excluding hydrogens is 172 g/mol. The maximum atomic E-state index is 5.55. The van der Waals surface area contributed by atoms with Crippen LogP contribution in [0.4, 0.5) is 0 Å². The molecule has 0 aromatic carbocycles. The Balaban J connectivity index is 2.26. The van der Waals surface area contributed by atoms with Crippen LogP contribution in [0.15, 0.2) is 0 Å². The lowest BCUT2D eigenvalue weighted by Crippen LogP contribution is -2.31. The van der Waals surface area contributed by atoms with Crippen LogP contribution < -0.4 is 5.73 Å². The summed E-state index contributed by atoms with van der Waals surface area (Å²) in [6.07, 6.45) is 6.75. The first-order chi connectivity index (χ1) is 6.74. The summed E-state index contributed by atoms with van der Waals surface area (Å²) in [6, 6.07) is 0.725. The van der Waals surface area contributed by atoms with Gasteiger partial charge in [0.05, 0.1) is 0 Å². The molecule has 1 atom stereocenters. The third kappa shape index (κ3) is 3.97. The molecule has 1 fully saturated rings. The Bertz CT molecular complexity index is 145. The maximum absolute atomic E-state index is 5.55. The summed E-state index contributed by atoms with van der Waals surface area (Å²) < 4.78 is 0. The van der Waals surface area contributed by atoms with Crippen molar-refractivity contribution in [2.24, 2.45) is 11.7 Å². The van der Waals surface area contributed by atoms with Gasteiger partial charge in [0.25, 0.3) is 0 Å². The molecule has 0 spiro atoms. The highest BCUT2D eigenvalue weighted by molar-refractivity contribution is 4.72. The predicted molar refractivity (Wildman–Crippen MR) is 62.3 cm³/mol. The molecule has 2 N–H and O–H groups in total. The van der Waals surface area contributed by atoms with Gasteiger partial charge in [-0.25, -0.2) is 0 Å². The van der Waals surface area contributed by atoms with E-state index in [4.69, 9.17) is 5.73 Å². The first-order valence-corrected chi connectivity index (χ1v) is 6.18. The van der Waals surface area contributed by atoms with Gasteiger partial charge in [0.15, 0.2) is 0 Å².